The maximum Gasteiger partial charge on any atom is 0.259 e. The number of unbranched alkanes of at least 4 members (excludes halogenated alkanes) is 3. The zero-order valence-electron chi connectivity index (χ0n) is 34.3. The van der Waals surface area contributed by atoms with Gasteiger partial charge in [0.2, 0.25) is 0 Å². The molecule has 4 rings (SSSR count). The molecule has 0 spiro atoms. The molecule has 3 aromatic carbocycles. The lowest BCUT2D eigenvalue weighted by Crippen LogP contribution is -2.33. The van der Waals surface area contributed by atoms with Crippen LogP contribution in [0.5, 0.6) is 11.5 Å². The Morgan fingerprint density at radius 2 is 1.43 bits per heavy atom. The topological polar surface area (TPSA) is 146 Å². The van der Waals surface area contributed by atoms with Crippen LogP contribution in [0.15, 0.2) is 87.3 Å². The molecule has 1 heterocycles. The van der Waals surface area contributed by atoms with Gasteiger partial charge in [-0.15, -0.1) is 10.2 Å². The molecule has 0 bridgehead atoms. The van der Waals surface area contributed by atoms with E-state index >= 15 is 0 Å². The minimum absolute atomic E-state index is 0.142. The average molecular weight is 785 g/mol. The molecule has 56 heavy (non-hydrogen) atoms. The Kier molecular flexibility index (Phi) is 16.5. The highest BCUT2D eigenvalue weighted by Crippen LogP contribution is 2.48. The smallest absolute Gasteiger partial charge is 0.259 e. The lowest BCUT2D eigenvalue weighted by molar-refractivity contribution is 0.0952. The summed E-state index contributed by atoms with van der Waals surface area (Å²) in [6.07, 6.45) is 4.05. The van der Waals surface area contributed by atoms with Gasteiger partial charge in [-0.1, -0.05) is 33.3 Å². The summed E-state index contributed by atoms with van der Waals surface area (Å²) in [5, 5.41) is 29.7. The minimum atomic E-state index is -1.22. The Balaban J connectivity index is 1.26. The first kappa shape index (κ1) is 44.0. The number of nitrogens with zero attached hydrogens (tertiary/aromatic N) is 7. The molecule has 1 N–H and O–H groups in total. The second kappa shape index (κ2) is 21.0. The Labute approximate surface area is 333 Å². The molecule has 3 aromatic rings. The van der Waals surface area contributed by atoms with Gasteiger partial charge in [0.05, 0.1) is 51.3 Å². The van der Waals surface area contributed by atoms with Crippen LogP contribution in [0.3, 0.4) is 0 Å². The van der Waals surface area contributed by atoms with Gasteiger partial charge in [-0.05, 0) is 88.6 Å². The van der Waals surface area contributed by atoms with Crippen molar-refractivity contribution in [1.29, 1.82) is 5.26 Å². The number of hydrogen-bond acceptors (Lipinski definition) is 12. The molecule has 1 aliphatic rings. The van der Waals surface area contributed by atoms with Crippen molar-refractivity contribution in [2.24, 2.45) is 20.5 Å². The number of nitriles is 1. The number of amides is 1. The van der Waals surface area contributed by atoms with Crippen molar-refractivity contribution >= 4 is 42.9 Å². The Hall–Kier alpha value is -4.73. The number of rotatable bonds is 21. The quantitative estimate of drug-likeness (QED) is 0.0638. The summed E-state index contributed by atoms with van der Waals surface area (Å²) in [5.41, 5.74) is 5.84. The van der Waals surface area contributed by atoms with E-state index < -0.39 is 8.53 Å². The Bertz CT molecular complexity index is 1880. The van der Waals surface area contributed by atoms with E-state index in [1.165, 1.54) is 0 Å². The third-order valence-electron chi connectivity index (χ3n) is 9.52. The van der Waals surface area contributed by atoms with Crippen molar-refractivity contribution < 1.29 is 23.3 Å². The van der Waals surface area contributed by atoms with Gasteiger partial charge in [-0.2, -0.15) is 15.5 Å². The van der Waals surface area contributed by atoms with Crippen LogP contribution in [0, 0.1) is 11.3 Å². The van der Waals surface area contributed by atoms with Crippen LogP contribution in [0.4, 0.5) is 28.4 Å². The highest BCUT2D eigenvalue weighted by atomic mass is 31.2. The maximum absolute atomic E-state index is 12.8. The van der Waals surface area contributed by atoms with Gasteiger partial charge in [0.15, 0.2) is 0 Å². The number of anilines is 1. The van der Waals surface area contributed by atoms with Gasteiger partial charge in [0, 0.05) is 60.2 Å². The lowest BCUT2D eigenvalue weighted by atomic mass is 9.84. The summed E-state index contributed by atoms with van der Waals surface area (Å²) < 4.78 is 25.6. The molecule has 0 aliphatic carbocycles. The lowest BCUT2D eigenvalue weighted by Gasteiger charge is -2.35. The normalized spacial score (nSPS) is 14.3. The van der Waals surface area contributed by atoms with Crippen LogP contribution in [0.2, 0.25) is 0 Å². The highest BCUT2D eigenvalue weighted by molar-refractivity contribution is 7.44. The zero-order valence-corrected chi connectivity index (χ0v) is 35.2. The van der Waals surface area contributed by atoms with Crippen LogP contribution in [0.1, 0.15) is 89.6 Å². The Morgan fingerprint density at radius 3 is 2.02 bits per heavy atom. The zero-order chi connectivity index (χ0) is 40.8. The third kappa shape index (κ3) is 11.4. The van der Waals surface area contributed by atoms with Crippen LogP contribution in [-0.4, -0.2) is 63.7 Å². The van der Waals surface area contributed by atoms with E-state index in [4.69, 9.17) is 23.8 Å². The van der Waals surface area contributed by atoms with Crippen molar-refractivity contribution in [1.82, 2.24) is 9.99 Å². The highest BCUT2D eigenvalue weighted by Gasteiger charge is 2.37. The number of fused-ring (bicyclic) bond motifs is 1. The van der Waals surface area contributed by atoms with Crippen LogP contribution >= 0.6 is 8.53 Å². The molecule has 1 unspecified atom stereocenters. The molecule has 300 valence electrons. The summed E-state index contributed by atoms with van der Waals surface area (Å²) >= 11 is 0. The Morgan fingerprint density at radius 1 is 0.857 bits per heavy atom. The molecule has 0 radical (unpaired) electrons. The van der Waals surface area contributed by atoms with E-state index in [9.17, 15) is 4.79 Å². The largest absolute Gasteiger partial charge is 0.494 e. The number of allylic oxidation sites excluding steroid dienone is 1. The number of nitrogens with one attached hydrogen (secondary N) is 1. The van der Waals surface area contributed by atoms with E-state index in [0.29, 0.717) is 66.0 Å². The predicted octanol–water partition coefficient (Wildman–Crippen LogP) is 11.4. The van der Waals surface area contributed by atoms with Crippen LogP contribution in [-0.2, 0) is 14.5 Å². The molecule has 13 nitrogen and oxygen atoms in total. The maximum atomic E-state index is 12.8. The van der Waals surface area contributed by atoms with Crippen LogP contribution < -0.4 is 19.7 Å². The molecule has 14 heteroatoms. The molecule has 0 aromatic heterocycles. The molecule has 1 aliphatic heterocycles. The van der Waals surface area contributed by atoms with E-state index in [1.54, 1.807) is 50.6 Å². The molecule has 0 saturated heterocycles. The summed E-state index contributed by atoms with van der Waals surface area (Å²) in [7, 11) is 3.91. The van der Waals surface area contributed by atoms with E-state index in [1.807, 2.05) is 25.2 Å². The average Bonchev–Trinajstić information content (AvgIpc) is 3.35. The second-order valence-electron chi connectivity index (χ2n) is 14.5. The molecular weight excluding hydrogens is 727 g/mol. The summed E-state index contributed by atoms with van der Waals surface area (Å²) in [4.78, 5) is 14.9. The first-order chi connectivity index (χ1) is 26.8. The molecule has 1 amide bonds. The first-order valence-corrected chi connectivity index (χ1v) is 20.2. The number of benzene rings is 3. The van der Waals surface area contributed by atoms with E-state index in [2.05, 4.69) is 89.5 Å². The van der Waals surface area contributed by atoms with E-state index in [-0.39, 0.29) is 23.4 Å². The van der Waals surface area contributed by atoms with Gasteiger partial charge < -0.3 is 28.7 Å². The van der Waals surface area contributed by atoms with Crippen molar-refractivity contribution in [3.63, 3.8) is 0 Å². The third-order valence-corrected chi connectivity index (χ3v) is 11.6. The summed E-state index contributed by atoms with van der Waals surface area (Å²) in [6.45, 7) is 18.6. The van der Waals surface area contributed by atoms with Crippen molar-refractivity contribution in [3.05, 3.63) is 78.0 Å². The number of hydrogen-bond donors (Lipinski definition) is 1. The van der Waals surface area contributed by atoms with Crippen molar-refractivity contribution in [3.8, 4) is 17.6 Å². The fraction of sp³-hybridized carbons (Fsp3) is 0.476. The fourth-order valence-corrected chi connectivity index (χ4v) is 7.99. The monoisotopic (exact) mass is 784 g/mol. The van der Waals surface area contributed by atoms with Crippen molar-refractivity contribution in [2.45, 2.75) is 91.1 Å². The van der Waals surface area contributed by atoms with E-state index in [0.717, 1.165) is 42.6 Å². The first-order valence-electron chi connectivity index (χ1n) is 19.1. The summed E-state index contributed by atoms with van der Waals surface area (Å²) in [6, 6.07) is 19.0. The number of azo groups is 2. The van der Waals surface area contributed by atoms with Crippen LogP contribution in [0.25, 0.3) is 0 Å². The minimum Gasteiger partial charge on any atom is -0.494 e. The van der Waals surface area contributed by atoms with Gasteiger partial charge in [-0.25, -0.2) is 4.67 Å². The number of likely N-dealkylation sites (N-methyl/N-ethyl adjacent to an activating group) is 1. The van der Waals surface area contributed by atoms with Gasteiger partial charge in [0.25, 0.3) is 14.4 Å². The second-order valence-corrected chi connectivity index (χ2v) is 16.0. The van der Waals surface area contributed by atoms with Gasteiger partial charge in [0.1, 0.15) is 22.9 Å². The SMILES string of the molecule is C=C1N(C)c2ccc(N=Nc3cc(OC)c(N=Nc4ccc(C(=O)NCCCCCCOP(OCCC#N)N(C(C)C)C(C)C)cc4)cc3OC)cc2C1(C)C. The fourth-order valence-electron chi connectivity index (χ4n) is 6.36. The standard InChI is InChI=1S/C42H57N8O5P/c1-29(2)50(30(3)4)56(55-25-15-22-43)54-24-14-12-11-13-23-44-41(51)32-16-18-33(19-17-32)45-47-36-27-40(53-10)37(28-39(36)52-9)48-46-34-20-21-38-35(26-34)42(6,7)31(5)49(38)8/h16-21,26-30H,5,11-15,23-25H2,1-4,6-10H3,(H,44,51). The molecule has 1 atom stereocenters. The number of carbonyl (C=O) groups excluding carboxylic acids is 1. The predicted molar refractivity (Wildman–Crippen MR) is 223 cm³/mol. The van der Waals surface area contributed by atoms with Gasteiger partial charge in [-0.3, -0.25) is 4.79 Å². The number of carbonyl (C=O) groups is 1. The molecule has 0 fully saturated rings. The van der Waals surface area contributed by atoms with Crippen molar-refractivity contribution in [2.75, 3.05) is 45.9 Å². The molecular formula is C42H57N8O5P. The summed E-state index contributed by atoms with van der Waals surface area (Å²) in [5.74, 6) is 0.775. The van der Waals surface area contributed by atoms with Gasteiger partial charge >= 0.3 is 0 Å². The number of methoxy groups -OCH3 is 2. The number of ether oxygens (including phenoxy) is 2. The molecule has 0 saturated carbocycles.